The van der Waals surface area contributed by atoms with Crippen molar-refractivity contribution in [3.63, 3.8) is 0 Å². The Hall–Kier alpha value is -0.437. The number of aliphatic carboxylic acids is 2. The van der Waals surface area contributed by atoms with Crippen LogP contribution in [-0.2, 0) is 29.1 Å². The summed E-state index contributed by atoms with van der Waals surface area (Å²) >= 11 is 0. The topological polar surface area (TPSA) is 80.3 Å². The maximum absolute atomic E-state index is 10.4. The molecule has 0 N–H and O–H groups in total. The molecular weight excluding hydrogens is 322 g/mol. The monoisotopic (exact) mass is 350 g/mol. The summed E-state index contributed by atoms with van der Waals surface area (Å²) in [7, 11) is 0. The van der Waals surface area contributed by atoms with Crippen LogP contribution in [0.4, 0.5) is 0 Å². The van der Waals surface area contributed by atoms with Crippen molar-refractivity contribution >= 4 is 11.9 Å². The van der Waals surface area contributed by atoms with Crippen LogP contribution in [0.15, 0.2) is 0 Å². The summed E-state index contributed by atoms with van der Waals surface area (Å²) < 4.78 is 0. The first-order valence-electron chi connectivity index (χ1n) is 7.57. The molecule has 0 amide bonds. The Labute approximate surface area is 142 Å². The molecule has 0 aromatic rings. The number of rotatable bonds is 8. The van der Waals surface area contributed by atoms with Gasteiger partial charge in [-0.05, 0) is 49.4 Å². The average Bonchev–Trinajstić information content (AvgIpc) is 2.32. The molecule has 0 rings (SSSR count). The Balaban J connectivity index is -0.000000295. The van der Waals surface area contributed by atoms with Crippen molar-refractivity contribution in [2.75, 3.05) is 0 Å². The predicted molar refractivity (Wildman–Crippen MR) is 76.5 cm³/mol. The van der Waals surface area contributed by atoms with E-state index in [1.54, 1.807) is 0 Å². The molecule has 0 heterocycles. The van der Waals surface area contributed by atoms with E-state index in [0.717, 1.165) is 12.8 Å². The molecule has 5 heteroatoms. The molecule has 0 saturated carbocycles. The molecule has 0 radical (unpaired) electrons. The van der Waals surface area contributed by atoms with Crippen molar-refractivity contribution < 1.29 is 39.3 Å². The van der Waals surface area contributed by atoms with Gasteiger partial charge in [0.1, 0.15) is 0 Å². The molecular formula is C16H30O4Zn. The zero-order valence-corrected chi connectivity index (χ0v) is 17.4. The number of carboxylic acids is 2. The van der Waals surface area contributed by atoms with Crippen LogP contribution in [0.2, 0.25) is 0 Å². The van der Waals surface area contributed by atoms with Gasteiger partial charge in [0.25, 0.3) is 0 Å². The van der Waals surface area contributed by atoms with Gasteiger partial charge in [-0.3, -0.25) is 0 Å². The zero-order chi connectivity index (χ0) is 16.3. The van der Waals surface area contributed by atoms with Crippen LogP contribution in [0.3, 0.4) is 0 Å². The molecule has 0 fully saturated rings. The van der Waals surface area contributed by atoms with Gasteiger partial charge >= 0.3 is 19.5 Å². The Morgan fingerprint density at radius 3 is 1.05 bits per heavy atom. The van der Waals surface area contributed by atoms with Crippen molar-refractivity contribution in [2.24, 2.45) is 23.7 Å². The van der Waals surface area contributed by atoms with Gasteiger partial charge in [0, 0.05) is 11.9 Å². The summed E-state index contributed by atoms with van der Waals surface area (Å²) in [6.45, 7) is 11.8. The maximum Gasteiger partial charge on any atom is 2.00 e. The van der Waals surface area contributed by atoms with E-state index in [1.807, 2.05) is 41.5 Å². The third-order valence-corrected chi connectivity index (χ3v) is 3.16. The summed E-state index contributed by atoms with van der Waals surface area (Å²) in [5.41, 5.74) is 0. The van der Waals surface area contributed by atoms with Crippen LogP contribution in [-0.4, -0.2) is 11.9 Å². The average molecular weight is 352 g/mol. The molecule has 2 atom stereocenters. The number of hydrogen-bond acceptors (Lipinski definition) is 4. The van der Waals surface area contributed by atoms with Crippen LogP contribution < -0.4 is 10.2 Å². The van der Waals surface area contributed by atoms with Crippen LogP contribution in [0, 0.1) is 23.7 Å². The zero-order valence-electron chi connectivity index (χ0n) is 14.5. The fourth-order valence-electron chi connectivity index (χ4n) is 2.00. The molecule has 120 valence electrons. The number of hydrogen-bond donors (Lipinski definition) is 0. The first kappa shape index (κ1) is 25.5. The molecule has 0 spiro atoms. The van der Waals surface area contributed by atoms with Crippen molar-refractivity contribution in [3.8, 4) is 0 Å². The van der Waals surface area contributed by atoms with Crippen LogP contribution in [0.5, 0.6) is 0 Å². The predicted octanol–water partition coefficient (Wildman–Crippen LogP) is 1.61. The molecule has 2 unspecified atom stereocenters. The Morgan fingerprint density at radius 2 is 1.00 bits per heavy atom. The second kappa shape index (κ2) is 14.5. The molecule has 21 heavy (non-hydrogen) atoms. The summed E-state index contributed by atoms with van der Waals surface area (Å²) in [6, 6.07) is 0. The molecule has 0 saturated heterocycles. The van der Waals surface area contributed by atoms with Crippen molar-refractivity contribution in [3.05, 3.63) is 0 Å². The summed E-state index contributed by atoms with van der Waals surface area (Å²) in [5.74, 6) is -1.42. The van der Waals surface area contributed by atoms with Gasteiger partial charge in [-0.15, -0.1) is 0 Å². The fraction of sp³-hybridized carbons (Fsp3) is 0.875. The van der Waals surface area contributed by atoms with Crippen LogP contribution in [0.25, 0.3) is 0 Å². The molecule has 0 aliphatic rings. The third-order valence-electron chi connectivity index (χ3n) is 3.16. The van der Waals surface area contributed by atoms with Crippen molar-refractivity contribution in [1.82, 2.24) is 0 Å². The van der Waals surface area contributed by atoms with E-state index in [1.165, 1.54) is 0 Å². The van der Waals surface area contributed by atoms with Gasteiger partial charge in [0.2, 0.25) is 0 Å². The molecule has 0 aromatic heterocycles. The normalized spacial score (nSPS) is 13.0. The van der Waals surface area contributed by atoms with Gasteiger partial charge in [-0.2, -0.15) is 0 Å². The van der Waals surface area contributed by atoms with Gasteiger partial charge in [0.05, 0.1) is 0 Å². The molecule has 4 nitrogen and oxygen atoms in total. The molecule has 0 bridgehead atoms. The van der Waals surface area contributed by atoms with E-state index in [0.29, 0.717) is 24.7 Å². The summed E-state index contributed by atoms with van der Waals surface area (Å²) in [5, 5.41) is 20.7. The SMILES string of the molecule is CCC(CC(C)C)C(=O)[O-].CCC(CC(C)C)C(=O)[O-].[Zn+2]. The van der Waals surface area contributed by atoms with Crippen molar-refractivity contribution in [2.45, 2.75) is 67.2 Å². The summed E-state index contributed by atoms with van der Waals surface area (Å²) in [6.07, 6.45) is 2.83. The van der Waals surface area contributed by atoms with Gasteiger partial charge in [-0.25, -0.2) is 0 Å². The second-order valence-corrected chi connectivity index (χ2v) is 6.11. The standard InChI is InChI=1S/2C8H16O2.Zn/c2*1-4-7(8(9)10)5-6(2)3;/h2*6-7H,4-5H2,1-3H3,(H,9,10);/q;;+2/p-2. The van der Waals surface area contributed by atoms with Gasteiger partial charge in [0.15, 0.2) is 0 Å². The van der Waals surface area contributed by atoms with E-state index >= 15 is 0 Å². The van der Waals surface area contributed by atoms with E-state index in [4.69, 9.17) is 0 Å². The smallest absolute Gasteiger partial charge is 0.550 e. The van der Waals surface area contributed by atoms with E-state index < -0.39 is 11.9 Å². The number of carboxylic acid groups (broad SMARTS) is 2. The Kier molecular flexibility index (Phi) is 17.6. The van der Waals surface area contributed by atoms with E-state index in [-0.39, 0.29) is 31.3 Å². The molecule has 0 aliphatic heterocycles. The first-order chi connectivity index (χ1) is 9.15. The van der Waals surface area contributed by atoms with Crippen LogP contribution in [0.1, 0.15) is 67.2 Å². The first-order valence-corrected chi connectivity index (χ1v) is 7.57. The number of carbonyl (C=O) groups excluding carboxylic acids is 2. The number of carbonyl (C=O) groups is 2. The third kappa shape index (κ3) is 15.8. The Morgan fingerprint density at radius 1 is 0.762 bits per heavy atom. The van der Waals surface area contributed by atoms with Gasteiger partial charge in [-0.1, -0.05) is 41.5 Å². The minimum atomic E-state index is -0.906. The minimum absolute atomic E-state index is 0. The van der Waals surface area contributed by atoms with Crippen molar-refractivity contribution in [1.29, 1.82) is 0 Å². The molecule has 0 aliphatic carbocycles. The Bertz CT molecular complexity index is 249. The largest absolute Gasteiger partial charge is 2.00 e. The maximum atomic E-state index is 10.4. The van der Waals surface area contributed by atoms with Gasteiger partial charge < -0.3 is 19.8 Å². The quantitative estimate of drug-likeness (QED) is 0.622. The molecule has 0 aromatic carbocycles. The summed E-state index contributed by atoms with van der Waals surface area (Å²) in [4.78, 5) is 20.7. The van der Waals surface area contributed by atoms with E-state index in [2.05, 4.69) is 0 Å². The van der Waals surface area contributed by atoms with Crippen LogP contribution >= 0.6 is 0 Å². The second-order valence-electron chi connectivity index (χ2n) is 6.11. The van der Waals surface area contributed by atoms with E-state index in [9.17, 15) is 19.8 Å². The minimum Gasteiger partial charge on any atom is -0.550 e. The fourth-order valence-corrected chi connectivity index (χ4v) is 2.00.